The molecule has 0 bridgehead atoms. The molecule has 0 radical (unpaired) electrons. The van der Waals surface area contributed by atoms with E-state index in [0.717, 1.165) is 11.5 Å². The van der Waals surface area contributed by atoms with Crippen molar-refractivity contribution in [2.24, 2.45) is 0 Å². The normalized spacial score (nSPS) is 31.2. The Kier molecular flexibility index (Phi) is 7.78. The number of ether oxygens (including phenoxy) is 1. The maximum absolute atomic E-state index is 15.1. The first-order chi connectivity index (χ1) is 13.4. The summed E-state index contributed by atoms with van der Waals surface area (Å²) in [5.74, 6) is 0. The number of nitrogens with zero attached hydrogens (tertiary/aromatic N) is 1. The number of phosphoric acid groups is 3. The average molecular weight is 532 g/mol. The second-order valence-electron chi connectivity index (χ2n) is 6.03. The van der Waals surface area contributed by atoms with Gasteiger partial charge in [-0.15, -0.1) is 0 Å². The number of rotatable bonds is 8. The van der Waals surface area contributed by atoms with Gasteiger partial charge in [-0.3, -0.25) is 9.09 Å². The van der Waals surface area contributed by atoms with E-state index < -0.39 is 54.2 Å². The molecule has 1 aliphatic heterocycles. The van der Waals surface area contributed by atoms with Crippen LogP contribution in [0.1, 0.15) is 13.2 Å². The minimum Gasteiger partial charge on any atom is -0.387 e. The van der Waals surface area contributed by atoms with Crippen LogP contribution in [0.4, 0.5) is 4.39 Å². The summed E-state index contributed by atoms with van der Waals surface area (Å²) in [4.78, 5) is 38.1. The molecule has 1 saturated heterocycles. The van der Waals surface area contributed by atoms with Gasteiger partial charge in [-0.05, 0) is 25.2 Å². The summed E-state index contributed by atoms with van der Waals surface area (Å²) in [6, 6.07) is 1.37. The van der Waals surface area contributed by atoms with Gasteiger partial charge in [-0.25, -0.2) is 18.1 Å². The highest BCUT2D eigenvalue weighted by molar-refractivity contribution is 7.72. The molecular weight excluding hydrogens is 516 g/mol. The Hall–Kier alpha value is -0.220. The van der Waals surface area contributed by atoms with Crippen molar-refractivity contribution in [1.82, 2.24) is 9.55 Å². The molecule has 1 aromatic rings. The molecule has 1 fully saturated rings. The monoisotopic (exact) mass is 532 g/mol. The Morgan fingerprint density at radius 1 is 1.23 bits per heavy atom. The summed E-state index contributed by atoms with van der Waals surface area (Å²) in [7, 11) is -16.7. The van der Waals surface area contributed by atoms with Crippen LogP contribution in [-0.4, -0.2) is 58.7 Å². The van der Waals surface area contributed by atoms with E-state index in [1.54, 1.807) is 0 Å². The van der Waals surface area contributed by atoms with Crippen LogP contribution in [0, 0.1) is 9.41 Å². The average Bonchev–Trinajstić information content (AvgIpc) is 2.73. The SMILES string of the molecule is CC1(F)[C@@H](O)[C@@H](COP(=O)(O)OP(=O)(O)OP(=O)(O)O)O[C@H]1n1ccc(=S)[nH]c1=S. The molecule has 0 aliphatic carbocycles. The maximum atomic E-state index is 15.1. The van der Waals surface area contributed by atoms with Crippen molar-refractivity contribution in [2.75, 3.05) is 6.61 Å². The molecule has 14 nitrogen and oxygen atoms in total. The molecule has 6 atom stereocenters. The van der Waals surface area contributed by atoms with Crippen LogP contribution in [-0.2, 0) is 31.6 Å². The van der Waals surface area contributed by atoms with Gasteiger partial charge in [0.15, 0.2) is 16.7 Å². The van der Waals surface area contributed by atoms with Gasteiger partial charge in [0.25, 0.3) is 0 Å². The zero-order valence-corrected chi connectivity index (χ0v) is 19.0. The second-order valence-corrected chi connectivity index (χ2v) is 11.3. The van der Waals surface area contributed by atoms with Crippen LogP contribution in [0.5, 0.6) is 0 Å². The van der Waals surface area contributed by atoms with E-state index in [0.29, 0.717) is 0 Å². The number of aliphatic hydroxyl groups excluding tert-OH is 1. The van der Waals surface area contributed by atoms with Crippen molar-refractivity contribution >= 4 is 47.9 Å². The van der Waals surface area contributed by atoms with E-state index in [1.807, 2.05) is 0 Å². The Balaban J connectivity index is 2.13. The number of phosphoric ester groups is 1. The van der Waals surface area contributed by atoms with Gasteiger partial charge in [0, 0.05) is 6.20 Å². The van der Waals surface area contributed by atoms with Crippen molar-refractivity contribution in [3.63, 3.8) is 0 Å². The molecule has 2 heterocycles. The number of halogens is 1. The molecule has 1 aromatic heterocycles. The lowest BCUT2D eigenvalue weighted by Gasteiger charge is -2.25. The summed E-state index contributed by atoms with van der Waals surface area (Å²) in [6.07, 6.45) is -3.72. The molecule has 0 saturated carbocycles. The number of aromatic nitrogens is 2. The molecule has 0 spiro atoms. The second kappa shape index (κ2) is 8.96. The first kappa shape index (κ1) is 26.0. The number of aromatic amines is 1. The van der Waals surface area contributed by atoms with Crippen LogP contribution < -0.4 is 0 Å². The van der Waals surface area contributed by atoms with E-state index in [-0.39, 0.29) is 9.41 Å². The van der Waals surface area contributed by atoms with Crippen LogP contribution in [0.25, 0.3) is 0 Å². The van der Waals surface area contributed by atoms with E-state index in [1.165, 1.54) is 12.3 Å². The lowest BCUT2D eigenvalue weighted by molar-refractivity contribution is -0.0594. The third kappa shape index (κ3) is 6.64. The lowest BCUT2D eigenvalue weighted by Crippen LogP contribution is -2.40. The quantitative estimate of drug-likeness (QED) is 0.208. The van der Waals surface area contributed by atoms with Crippen LogP contribution in [0.2, 0.25) is 0 Å². The minimum atomic E-state index is -5.72. The van der Waals surface area contributed by atoms with Crippen molar-refractivity contribution in [2.45, 2.75) is 31.0 Å². The van der Waals surface area contributed by atoms with Gasteiger partial charge in [-0.2, -0.15) is 8.62 Å². The van der Waals surface area contributed by atoms with E-state index >= 15 is 4.39 Å². The molecule has 30 heavy (non-hydrogen) atoms. The van der Waals surface area contributed by atoms with Gasteiger partial charge >= 0.3 is 23.5 Å². The minimum absolute atomic E-state index is 0.0443. The highest BCUT2D eigenvalue weighted by Crippen LogP contribution is 2.66. The van der Waals surface area contributed by atoms with Crippen molar-refractivity contribution in [1.29, 1.82) is 0 Å². The number of alkyl halides is 1. The number of hydrogen-bond acceptors (Lipinski definition) is 10. The molecule has 3 unspecified atom stereocenters. The fraction of sp³-hybridized carbons (Fsp3) is 0.600. The van der Waals surface area contributed by atoms with Crippen molar-refractivity contribution in [3.8, 4) is 0 Å². The third-order valence-electron chi connectivity index (χ3n) is 3.64. The highest BCUT2D eigenvalue weighted by atomic mass is 32.1. The van der Waals surface area contributed by atoms with Crippen LogP contribution in [0.15, 0.2) is 12.3 Å². The van der Waals surface area contributed by atoms with Gasteiger partial charge in [0.2, 0.25) is 0 Å². The zero-order valence-electron chi connectivity index (χ0n) is 14.7. The van der Waals surface area contributed by atoms with Crippen LogP contribution in [0.3, 0.4) is 0 Å². The van der Waals surface area contributed by atoms with Crippen LogP contribution >= 0.6 is 47.9 Å². The summed E-state index contributed by atoms with van der Waals surface area (Å²) in [5, 5.41) is 10.2. The smallest absolute Gasteiger partial charge is 0.387 e. The standard InChI is InChI=1S/C10H16FN2O12P3S2/c1-10(11)7(14)5(23-8(10)13-3-2-6(29)12-9(13)30)4-22-27(18,19)25-28(20,21)24-26(15,16)17/h2-3,5,7-8,14H,4H2,1H3,(H,18,19)(H,20,21)(H,12,29,30)(H2,15,16,17)/t5-,7+,8-,10?/m1/s1. The number of nitrogens with one attached hydrogen (secondary N) is 1. The summed E-state index contributed by atoms with van der Waals surface area (Å²) >= 11 is 9.90. The molecule has 0 amide bonds. The summed E-state index contributed by atoms with van der Waals surface area (Å²) in [5.41, 5.74) is -2.47. The molecule has 1 aliphatic rings. The number of H-pyrrole nitrogens is 1. The van der Waals surface area contributed by atoms with Gasteiger partial charge in [-0.1, -0.05) is 12.2 Å². The van der Waals surface area contributed by atoms with E-state index in [9.17, 15) is 23.7 Å². The Morgan fingerprint density at radius 2 is 1.83 bits per heavy atom. The highest BCUT2D eigenvalue weighted by Gasteiger charge is 2.55. The lowest BCUT2D eigenvalue weighted by atomic mass is 9.99. The fourth-order valence-corrected chi connectivity index (χ4v) is 5.95. The molecule has 20 heteroatoms. The maximum Gasteiger partial charge on any atom is 0.490 e. The predicted octanol–water partition coefficient (Wildman–Crippen LogP) is 1.60. The first-order valence-corrected chi connectivity index (χ1v) is 12.9. The number of aliphatic hydroxyl groups is 1. The van der Waals surface area contributed by atoms with E-state index in [2.05, 4.69) is 18.1 Å². The van der Waals surface area contributed by atoms with Crippen molar-refractivity contribution < 1.29 is 60.6 Å². The Labute approximate surface area is 177 Å². The molecule has 0 aromatic carbocycles. The van der Waals surface area contributed by atoms with Gasteiger partial charge < -0.3 is 34.4 Å². The largest absolute Gasteiger partial charge is 0.490 e. The molecule has 6 N–H and O–H groups in total. The predicted molar refractivity (Wildman–Crippen MR) is 99.7 cm³/mol. The fourth-order valence-electron chi connectivity index (χ4n) is 2.43. The zero-order chi connectivity index (χ0) is 23.1. The topological polar surface area (TPSA) is 210 Å². The first-order valence-electron chi connectivity index (χ1n) is 7.56. The molecule has 172 valence electrons. The van der Waals surface area contributed by atoms with Gasteiger partial charge in [0.05, 0.1) is 6.61 Å². The molecular formula is C10H16FN2O12P3S2. The van der Waals surface area contributed by atoms with Gasteiger partial charge in [0.1, 0.15) is 16.8 Å². The molecule has 2 rings (SSSR count). The number of hydrogen-bond donors (Lipinski definition) is 6. The Bertz CT molecular complexity index is 1060. The Morgan fingerprint density at radius 3 is 2.37 bits per heavy atom. The summed E-state index contributed by atoms with van der Waals surface area (Å²) in [6.45, 7) is -0.0619. The third-order valence-corrected chi connectivity index (χ3v) is 7.99. The van der Waals surface area contributed by atoms with E-state index in [4.69, 9.17) is 43.9 Å². The van der Waals surface area contributed by atoms with Crippen molar-refractivity contribution in [3.05, 3.63) is 21.7 Å². The summed E-state index contributed by atoms with van der Waals surface area (Å²) < 4.78 is 66.8.